The molecule has 0 saturated carbocycles. The van der Waals surface area contributed by atoms with Crippen molar-refractivity contribution in [3.05, 3.63) is 52.2 Å². The van der Waals surface area contributed by atoms with Crippen LogP contribution in [-0.4, -0.2) is 19.1 Å². The molecule has 0 aliphatic carbocycles. The van der Waals surface area contributed by atoms with Crippen molar-refractivity contribution >= 4 is 17.3 Å². The van der Waals surface area contributed by atoms with Gasteiger partial charge in [0.1, 0.15) is 5.75 Å². The van der Waals surface area contributed by atoms with E-state index in [4.69, 9.17) is 10.5 Å². The number of nitrogens with one attached hydrogen (secondary N) is 1. The van der Waals surface area contributed by atoms with Gasteiger partial charge in [0.25, 0.3) is 0 Å². The lowest BCUT2D eigenvalue weighted by molar-refractivity contribution is 0.262. The molecule has 5 heteroatoms. The second kappa shape index (κ2) is 6.63. The van der Waals surface area contributed by atoms with Crippen molar-refractivity contribution < 1.29 is 4.74 Å². The molecule has 3 rings (SSSR count). The molecule has 1 aromatic heterocycles. The summed E-state index contributed by atoms with van der Waals surface area (Å²) in [7, 11) is 0. The minimum atomic E-state index is 0.180. The number of thiophene rings is 1. The van der Waals surface area contributed by atoms with Crippen LogP contribution >= 0.6 is 11.3 Å². The van der Waals surface area contributed by atoms with E-state index in [-0.39, 0.29) is 6.04 Å². The fourth-order valence-corrected chi connectivity index (χ4v) is 3.16. The van der Waals surface area contributed by atoms with Crippen molar-refractivity contribution in [1.82, 2.24) is 5.32 Å². The number of hydrogen-bond donors (Lipinski definition) is 2. The highest BCUT2D eigenvalue weighted by molar-refractivity contribution is 7.07. The van der Waals surface area contributed by atoms with E-state index in [2.05, 4.69) is 33.2 Å². The molecule has 21 heavy (non-hydrogen) atoms. The summed E-state index contributed by atoms with van der Waals surface area (Å²) in [5.74, 6) is 1.44. The highest BCUT2D eigenvalue weighted by Crippen LogP contribution is 2.31. The van der Waals surface area contributed by atoms with Crippen LogP contribution < -0.4 is 15.8 Å². The number of nitrogens with two attached hydrogens (primary N) is 1. The van der Waals surface area contributed by atoms with Crippen molar-refractivity contribution in [2.24, 2.45) is 10.7 Å². The van der Waals surface area contributed by atoms with E-state index in [1.54, 1.807) is 11.3 Å². The molecule has 1 unspecified atom stereocenters. The number of ether oxygens (including phenoxy) is 1. The first-order valence-electron chi connectivity index (χ1n) is 7.12. The number of guanidine groups is 1. The predicted octanol–water partition coefficient (Wildman–Crippen LogP) is 2.72. The molecule has 0 saturated heterocycles. The van der Waals surface area contributed by atoms with Gasteiger partial charge in [0, 0.05) is 18.5 Å². The Balaban J connectivity index is 1.59. The molecule has 1 aromatic carbocycles. The van der Waals surface area contributed by atoms with Gasteiger partial charge in [-0.05, 0) is 34.9 Å². The Kier molecular flexibility index (Phi) is 4.40. The first-order valence-corrected chi connectivity index (χ1v) is 8.06. The summed E-state index contributed by atoms with van der Waals surface area (Å²) < 4.78 is 5.65. The third-order valence-corrected chi connectivity index (χ3v) is 4.28. The zero-order valence-corrected chi connectivity index (χ0v) is 12.6. The SMILES string of the molecule is NC(=NCCc1ccsc1)NC1CCOc2ccccc21. The van der Waals surface area contributed by atoms with E-state index in [0.29, 0.717) is 19.1 Å². The molecule has 4 nitrogen and oxygen atoms in total. The summed E-state index contributed by atoms with van der Waals surface area (Å²) in [4.78, 5) is 4.41. The Morgan fingerprint density at radius 1 is 1.38 bits per heavy atom. The van der Waals surface area contributed by atoms with Gasteiger partial charge in [-0.1, -0.05) is 18.2 Å². The molecule has 2 heterocycles. The van der Waals surface area contributed by atoms with Crippen LogP contribution in [0.2, 0.25) is 0 Å². The smallest absolute Gasteiger partial charge is 0.189 e. The van der Waals surface area contributed by atoms with Crippen LogP contribution in [0.3, 0.4) is 0 Å². The molecule has 0 spiro atoms. The molecule has 0 bridgehead atoms. The quantitative estimate of drug-likeness (QED) is 0.674. The molecular weight excluding hydrogens is 282 g/mol. The van der Waals surface area contributed by atoms with Gasteiger partial charge in [-0.2, -0.15) is 11.3 Å². The van der Waals surface area contributed by atoms with Gasteiger partial charge in [-0.3, -0.25) is 4.99 Å². The van der Waals surface area contributed by atoms with Crippen molar-refractivity contribution in [3.63, 3.8) is 0 Å². The topological polar surface area (TPSA) is 59.6 Å². The Morgan fingerprint density at radius 3 is 3.14 bits per heavy atom. The van der Waals surface area contributed by atoms with E-state index in [1.165, 1.54) is 5.56 Å². The molecule has 1 atom stereocenters. The number of aliphatic imine (C=N–C) groups is 1. The van der Waals surface area contributed by atoms with Crippen molar-refractivity contribution in [2.45, 2.75) is 18.9 Å². The van der Waals surface area contributed by atoms with Crippen LogP contribution in [0, 0.1) is 0 Å². The summed E-state index contributed by atoms with van der Waals surface area (Å²) in [6.07, 6.45) is 1.83. The number of rotatable bonds is 4. The summed E-state index contributed by atoms with van der Waals surface area (Å²) >= 11 is 1.71. The Labute approximate surface area is 128 Å². The molecule has 110 valence electrons. The maximum absolute atomic E-state index is 6.00. The second-order valence-corrected chi connectivity index (χ2v) is 5.80. The fraction of sp³-hybridized carbons (Fsp3) is 0.312. The van der Waals surface area contributed by atoms with E-state index in [1.807, 2.05) is 18.2 Å². The van der Waals surface area contributed by atoms with Gasteiger partial charge < -0.3 is 15.8 Å². The number of fused-ring (bicyclic) bond motifs is 1. The van der Waals surface area contributed by atoms with E-state index in [0.717, 1.165) is 24.2 Å². The summed E-state index contributed by atoms with van der Waals surface area (Å²) in [6.45, 7) is 1.41. The van der Waals surface area contributed by atoms with Gasteiger partial charge >= 0.3 is 0 Å². The van der Waals surface area contributed by atoms with Crippen LogP contribution in [0.25, 0.3) is 0 Å². The van der Waals surface area contributed by atoms with Crippen LogP contribution in [0.15, 0.2) is 46.1 Å². The third-order valence-electron chi connectivity index (χ3n) is 3.54. The average molecular weight is 301 g/mol. The number of nitrogens with zero attached hydrogens (tertiary/aromatic N) is 1. The highest BCUT2D eigenvalue weighted by atomic mass is 32.1. The normalized spacial score (nSPS) is 17.9. The molecule has 1 aliphatic rings. The second-order valence-electron chi connectivity index (χ2n) is 5.02. The fourth-order valence-electron chi connectivity index (χ4n) is 2.46. The van der Waals surface area contributed by atoms with E-state index >= 15 is 0 Å². The average Bonchev–Trinajstić information content (AvgIpc) is 3.01. The molecule has 3 N–H and O–H groups in total. The minimum absolute atomic E-state index is 0.180. The van der Waals surface area contributed by atoms with Crippen LogP contribution in [0.1, 0.15) is 23.6 Å². The lowest BCUT2D eigenvalue weighted by Crippen LogP contribution is -2.37. The monoisotopic (exact) mass is 301 g/mol. The van der Waals surface area contributed by atoms with Crippen LogP contribution in [0.5, 0.6) is 5.75 Å². The van der Waals surface area contributed by atoms with Gasteiger partial charge in [0.2, 0.25) is 0 Å². The van der Waals surface area contributed by atoms with Crippen LogP contribution in [0.4, 0.5) is 0 Å². The zero-order valence-electron chi connectivity index (χ0n) is 11.8. The lowest BCUT2D eigenvalue weighted by Gasteiger charge is -2.26. The Hall–Kier alpha value is -2.01. The molecule has 0 radical (unpaired) electrons. The number of hydrogen-bond acceptors (Lipinski definition) is 3. The predicted molar refractivity (Wildman–Crippen MR) is 86.9 cm³/mol. The first kappa shape index (κ1) is 13.9. The minimum Gasteiger partial charge on any atom is -0.493 e. The number of benzene rings is 1. The Bertz CT molecular complexity index is 610. The van der Waals surface area contributed by atoms with Crippen molar-refractivity contribution in [3.8, 4) is 5.75 Å². The number of para-hydroxylation sites is 1. The largest absolute Gasteiger partial charge is 0.493 e. The van der Waals surface area contributed by atoms with Crippen molar-refractivity contribution in [2.75, 3.05) is 13.2 Å². The maximum Gasteiger partial charge on any atom is 0.189 e. The van der Waals surface area contributed by atoms with E-state index in [9.17, 15) is 0 Å². The molecule has 2 aromatic rings. The highest BCUT2D eigenvalue weighted by Gasteiger charge is 2.20. The summed E-state index contributed by atoms with van der Waals surface area (Å²) in [6, 6.07) is 10.4. The molecule has 0 fully saturated rings. The molecular formula is C16H19N3OS. The standard InChI is InChI=1S/C16H19N3OS/c17-16(18-8-5-12-7-10-21-11-12)19-14-6-9-20-15-4-2-1-3-13(14)15/h1-4,7,10-11,14H,5-6,8-9H2,(H3,17,18,19). The molecule has 0 amide bonds. The van der Waals surface area contributed by atoms with Gasteiger partial charge in [-0.15, -0.1) is 0 Å². The lowest BCUT2D eigenvalue weighted by atomic mass is 10.0. The maximum atomic E-state index is 6.00. The van der Waals surface area contributed by atoms with Crippen molar-refractivity contribution in [1.29, 1.82) is 0 Å². The van der Waals surface area contributed by atoms with Gasteiger partial charge in [0.05, 0.1) is 12.6 Å². The Morgan fingerprint density at radius 2 is 2.29 bits per heavy atom. The van der Waals surface area contributed by atoms with Gasteiger partial charge in [0.15, 0.2) is 5.96 Å². The van der Waals surface area contributed by atoms with Crippen LogP contribution in [-0.2, 0) is 6.42 Å². The third kappa shape index (κ3) is 3.55. The summed E-state index contributed by atoms with van der Waals surface area (Å²) in [5, 5.41) is 7.54. The van der Waals surface area contributed by atoms with Gasteiger partial charge in [-0.25, -0.2) is 0 Å². The zero-order chi connectivity index (χ0) is 14.5. The van der Waals surface area contributed by atoms with E-state index < -0.39 is 0 Å². The molecule has 1 aliphatic heterocycles. The first-order chi connectivity index (χ1) is 10.3. The summed E-state index contributed by atoms with van der Waals surface area (Å²) in [5.41, 5.74) is 8.47.